The summed E-state index contributed by atoms with van der Waals surface area (Å²) in [5.74, 6) is 0.0343. The zero-order chi connectivity index (χ0) is 19.1. The summed E-state index contributed by atoms with van der Waals surface area (Å²) in [5.41, 5.74) is 2.02. The van der Waals surface area contributed by atoms with Crippen molar-refractivity contribution in [2.75, 3.05) is 26.3 Å². The first-order valence-electron chi connectivity index (χ1n) is 9.68. The molecule has 1 aliphatic rings. The fourth-order valence-corrected chi connectivity index (χ4v) is 3.42. The second kappa shape index (κ2) is 9.02. The van der Waals surface area contributed by atoms with Crippen molar-refractivity contribution in [3.05, 3.63) is 102 Å². The molecule has 0 radical (unpaired) electrons. The molecule has 1 heterocycles. The van der Waals surface area contributed by atoms with E-state index < -0.39 is 5.79 Å². The first-order chi connectivity index (χ1) is 13.9. The highest BCUT2D eigenvalue weighted by Gasteiger charge is 2.44. The summed E-state index contributed by atoms with van der Waals surface area (Å²) in [5, 5.41) is 3.41. The van der Waals surface area contributed by atoms with Gasteiger partial charge in [-0.25, -0.2) is 0 Å². The van der Waals surface area contributed by atoms with E-state index in [1.807, 2.05) is 66.7 Å². The van der Waals surface area contributed by atoms with Crippen molar-refractivity contribution in [2.24, 2.45) is 0 Å². The number of nitrogens with one attached hydrogen (secondary N) is 1. The van der Waals surface area contributed by atoms with Crippen molar-refractivity contribution >= 4 is 0 Å². The molecule has 0 amide bonds. The van der Waals surface area contributed by atoms with Gasteiger partial charge in [0.1, 0.15) is 12.4 Å². The van der Waals surface area contributed by atoms with E-state index in [4.69, 9.17) is 14.2 Å². The lowest BCUT2D eigenvalue weighted by molar-refractivity contribution is -0.142. The number of para-hydroxylation sites is 1. The maximum Gasteiger partial charge on any atom is 0.222 e. The van der Waals surface area contributed by atoms with Crippen LogP contribution >= 0.6 is 0 Å². The number of benzene rings is 3. The number of hydrogen-bond acceptors (Lipinski definition) is 4. The number of hydrogen-bond donors (Lipinski definition) is 1. The highest BCUT2D eigenvalue weighted by Crippen LogP contribution is 2.40. The third-order valence-corrected chi connectivity index (χ3v) is 4.78. The van der Waals surface area contributed by atoms with Crippen LogP contribution in [0.1, 0.15) is 11.1 Å². The molecule has 1 atom stereocenters. The number of rotatable bonds is 8. The van der Waals surface area contributed by atoms with E-state index in [9.17, 15) is 0 Å². The molecule has 1 unspecified atom stereocenters. The van der Waals surface area contributed by atoms with E-state index in [1.54, 1.807) is 0 Å². The van der Waals surface area contributed by atoms with Gasteiger partial charge >= 0.3 is 0 Å². The van der Waals surface area contributed by atoms with Crippen molar-refractivity contribution in [1.82, 2.24) is 5.32 Å². The minimum absolute atomic E-state index is 0.0304. The SMILES string of the molecule is c1ccc(OCCNCC2COC(c3ccccc3)(c3ccccc3)O2)cc1. The molecule has 4 rings (SSSR count). The van der Waals surface area contributed by atoms with Gasteiger partial charge in [-0.2, -0.15) is 0 Å². The summed E-state index contributed by atoms with van der Waals surface area (Å²) < 4.78 is 18.4. The minimum Gasteiger partial charge on any atom is -0.492 e. The molecule has 1 saturated heterocycles. The Morgan fingerprint density at radius 2 is 1.39 bits per heavy atom. The van der Waals surface area contributed by atoms with E-state index in [1.165, 1.54) is 0 Å². The predicted molar refractivity (Wildman–Crippen MR) is 109 cm³/mol. The maximum absolute atomic E-state index is 6.46. The van der Waals surface area contributed by atoms with Crippen LogP contribution in [0.5, 0.6) is 5.75 Å². The van der Waals surface area contributed by atoms with Crippen molar-refractivity contribution in [3.8, 4) is 5.75 Å². The molecule has 144 valence electrons. The van der Waals surface area contributed by atoms with Gasteiger partial charge in [0.15, 0.2) is 0 Å². The summed E-state index contributed by atoms with van der Waals surface area (Å²) in [6.45, 7) is 2.61. The molecule has 1 fully saturated rings. The molecule has 0 spiro atoms. The highest BCUT2D eigenvalue weighted by atomic mass is 16.7. The van der Waals surface area contributed by atoms with Crippen LogP contribution in [-0.4, -0.2) is 32.4 Å². The van der Waals surface area contributed by atoms with Crippen LogP contribution in [0.4, 0.5) is 0 Å². The second-order valence-electron chi connectivity index (χ2n) is 6.77. The fraction of sp³-hybridized carbons (Fsp3) is 0.250. The molecular weight excluding hydrogens is 350 g/mol. The Labute approximate surface area is 166 Å². The van der Waals surface area contributed by atoms with Gasteiger partial charge < -0.3 is 19.5 Å². The molecule has 28 heavy (non-hydrogen) atoms. The van der Waals surface area contributed by atoms with E-state index >= 15 is 0 Å². The molecular formula is C24H25NO3. The van der Waals surface area contributed by atoms with E-state index in [-0.39, 0.29) is 6.10 Å². The van der Waals surface area contributed by atoms with Crippen molar-refractivity contribution in [1.29, 1.82) is 0 Å². The molecule has 0 saturated carbocycles. The van der Waals surface area contributed by atoms with Gasteiger partial charge in [-0.1, -0.05) is 78.9 Å². The summed E-state index contributed by atoms with van der Waals surface area (Å²) in [6, 6.07) is 30.1. The first kappa shape index (κ1) is 18.7. The van der Waals surface area contributed by atoms with Crippen molar-refractivity contribution < 1.29 is 14.2 Å². The average molecular weight is 375 g/mol. The van der Waals surface area contributed by atoms with E-state index in [0.717, 1.165) is 23.4 Å². The molecule has 3 aromatic rings. The van der Waals surface area contributed by atoms with Gasteiger partial charge in [0.25, 0.3) is 0 Å². The highest BCUT2D eigenvalue weighted by molar-refractivity contribution is 5.34. The predicted octanol–water partition coefficient (Wildman–Crippen LogP) is 3.97. The smallest absolute Gasteiger partial charge is 0.222 e. The molecule has 0 bridgehead atoms. The maximum atomic E-state index is 6.46. The van der Waals surface area contributed by atoms with Crippen LogP contribution in [0.25, 0.3) is 0 Å². The average Bonchev–Trinajstić information content (AvgIpc) is 3.21. The Morgan fingerprint density at radius 3 is 2.00 bits per heavy atom. The van der Waals surface area contributed by atoms with Crippen LogP contribution in [0.15, 0.2) is 91.0 Å². The largest absolute Gasteiger partial charge is 0.492 e. The Hall–Kier alpha value is -2.66. The Morgan fingerprint density at radius 1 is 0.821 bits per heavy atom. The first-order valence-corrected chi connectivity index (χ1v) is 9.68. The van der Waals surface area contributed by atoms with Gasteiger partial charge in [0, 0.05) is 24.2 Å². The Balaban J connectivity index is 1.35. The standard InChI is InChI=1S/C24H25NO3/c1-4-10-20(11-5-1)24(21-12-6-2-7-13-21)27-19-23(28-24)18-25-16-17-26-22-14-8-3-9-15-22/h1-15,23,25H,16-19H2. The summed E-state index contributed by atoms with van der Waals surface area (Å²) >= 11 is 0. The van der Waals surface area contributed by atoms with E-state index in [0.29, 0.717) is 19.8 Å². The Bertz CT molecular complexity index is 800. The topological polar surface area (TPSA) is 39.7 Å². The minimum atomic E-state index is -0.852. The van der Waals surface area contributed by atoms with Crippen molar-refractivity contribution in [3.63, 3.8) is 0 Å². The summed E-state index contributed by atoms with van der Waals surface area (Å²) in [6.07, 6.45) is -0.0304. The third-order valence-electron chi connectivity index (χ3n) is 4.78. The molecule has 1 aliphatic heterocycles. The Kier molecular flexibility index (Phi) is 6.02. The van der Waals surface area contributed by atoms with Crippen LogP contribution in [0, 0.1) is 0 Å². The molecule has 1 N–H and O–H groups in total. The lowest BCUT2D eigenvalue weighted by Crippen LogP contribution is -2.34. The fourth-order valence-electron chi connectivity index (χ4n) is 3.42. The van der Waals surface area contributed by atoms with E-state index in [2.05, 4.69) is 29.6 Å². The molecule has 0 aromatic heterocycles. The van der Waals surface area contributed by atoms with Gasteiger partial charge in [0.05, 0.1) is 12.7 Å². The van der Waals surface area contributed by atoms with Gasteiger partial charge in [-0.15, -0.1) is 0 Å². The molecule has 4 nitrogen and oxygen atoms in total. The summed E-state index contributed by atoms with van der Waals surface area (Å²) in [4.78, 5) is 0. The lowest BCUT2D eigenvalue weighted by Gasteiger charge is -2.29. The molecule has 0 aliphatic carbocycles. The zero-order valence-electron chi connectivity index (χ0n) is 15.8. The number of ether oxygens (including phenoxy) is 3. The second-order valence-corrected chi connectivity index (χ2v) is 6.77. The van der Waals surface area contributed by atoms with Crippen molar-refractivity contribution in [2.45, 2.75) is 11.9 Å². The quantitative estimate of drug-likeness (QED) is 0.605. The zero-order valence-corrected chi connectivity index (χ0v) is 15.8. The van der Waals surface area contributed by atoms with Crippen LogP contribution in [-0.2, 0) is 15.3 Å². The van der Waals surface area contributed by atoms with Crippen LogP contribution in [0.2, 0.25) is 0 Å². The van der Waals surface area contributed by atoms with Gasteiger partial charge in [-0.3, -0.25) is 0 Å². The summed E-state index contributed by atoms with van der Waals surface area (Å²) in [7, 11) is 0. The molecule has 4 heteroatoms. The molecule has 3 aromatic carbocycles. The van der Waals surface area contributed by atoms with Crippen LogP contribution in [0.3, 0.4) is 0 Å². The van der Waals surface area contributed by atoms with Gasteiger partial charge in [-0.05, 0) is 12.1 Å². The third kappa shape index (κ3) is 4.25. The monoisotopic (exact) mass is 375 g/mol. The lowest BCUT2D eigenvalue weighted by atomic mass is 9.97. The van der Waals surface area contributed by atoms with Crippen LogP contribution < -0.4 is 10.1 Å². The normalized spacial score (nSPS) is 18.1. The van der Waals surface area contributed by atoms with Gasteiger partial charge in [0.2, 0.25) is 5.79 Å².